The maximum Gasteiger partial charge on any atom is 0.252 e. The second-order valence-corrected chi connectivity index (χ2v) is 5.92. The van der Waals surface area contributed by atoms with E-state index in [1.54, 1.807) is 6.07 Å². The minimum atomic E-state index is -0.0721. The summed E-state index contributed by atoms with van der Waals surface area (Å²) < 4.78 is 6.12. The normalized spacial score (nSPS) is 20.7. The Balaban J connectivity index is 2.04. The minimum Gasteiger partial charge on any atom is -0.381 e. The highest BCUT2D eigenvalue weighted by Crippen LogP contribution is 2.21. The lowest BCUT2D eigenvalue weighted by Gasteiger charge is -2.19. The summed E-state index contributed by atoms with van der Waals surface area (Å²) in [5, 5.41) is 3.02. The lowest BCUT2D eigenvalue weighted by Crippen LogP contribution is -2.38. The summed E-state index contributed by atoms with van der Waals surface area (Å²) in [6, 6.07) is 5.56. The van der Waals surface area contributed by atoms with Gasteiger partial charge in [-0.05, 0) is 47.5 Å². The highest BCUT2D eigenvalue weighted by atomic mass is 79.9. The third kappa shape index (κ3) is 3.28. The molecule has 0 saturated carbocycles. The number of hydrogen-bond donors (Lipinski definition) is 2. The van der Waals surface area contributed by atoms with E-state index in [9.17, 15) is 4.79 Å². The Hall–Kier alpha value is -0.520. The molecule has 18 heavy (non-hydrogen) atoms. The van der Waals surface area contributed by atoms with Crippen molar-refractivity contribution in [2.75, 3.05) is 13.2 Å². The molecule has 1 heterocycles. The van der Waals surface area contributed by atoms with Crippen LogP contribution in [0.2, 0.25) is 0 Å². The summed E-state index contributed by atoms with van der Waals surface area (Å²) in [5.74, 6) is 0.337. The average molecular weight is 330 g/mol. The van der Waals surface area contributed by atoms with Crippen molar-refractivity contribution in [3.63, 3.8) is 0 Å². The third-order valence-corrected chi connectivity index (χ3v) is 4.20. The lowest BCUT2D eigenvalue weighted by molar-refractivity contribution is 0.0921. The van der Waals surface area contributed by atoms with E-state index in [4.69, 9.17) is 4.74 Å². The van der Waals surface area contributed by atoms with E-state index in [0.717, 1.165) is 29.0 Å². The Bertz CT molecular complexity index is 447. The number of thiol groups is 1. The second-order valence-electron chi connectivity index (χ2n) is 4.55. The van der Waals surface area contributed by atoms with Crippen LogP contribution in [0.3, 0.4) is 0 Å². The van der Waals surface area contributed by atoms with Gasteiger partial charge in [-0.3, -0.25) is 4.79 Å². The monoisotopic (exact) mass is 329 g/mol. The molecule has 3 nitrogen and oxygen atoms in total. The molecule has 0 aliphatic carbocycles. The van der Waals surface area contributed by atoms with Crippen molar-refractivity contribution < 1.29 is 9.53 Å². The van der Waals surface area contributed by atoms with Gasteiger partial charge in [-0.25, -0.2) is 0 Å². The fraction of sp³-hybridized carbons (Fsp3) is 0.462. The Morgan fingerprint density at radius 2 is 2.39 bits per heavy atom. The molecule has 1 aromatic rings. The zero-order chi connectivity index (χ0) is 13.1. The van der Waals surface area contributed by atoms with Crippen molar-refractivity contribution in [1.29, 1.82) is 0 Å². The van der Waals surface area contributed by atoms with Crippen molar-refractivity contribution in [1.82, 2.24) is 5.32 Å². The fourth-order valence-corrected chi connectivity index (χ4v) is 2.67. The Morgan fingerprint density at radius 1 is 1.61 bits per heavy atom. The summed E-state index contributed by atoms with van der Waals surface area (Å²) in [4.78, 5) is 12.9. The second kappa shape index (κ2) is 6.08. The number of ether oxygens (including phenoxy) is 1. The van der Waals surface area contributed by atoms with Crippen LogP contribution in [-0.4, -0.2) is 25.2 Å². The molecule has 0 bridgehead atoms. The maximum absolute atomic E-state index is 12.2. The van der Waals surface area contributed by atoms with Crippen molar-refractivity contribution in [3.8, 4) is 0 Å². The highest BCUT2D eigenvalue weighted by molar-refractivity contribution is 9.10. The number of halogens is 1. The SMILES string of the molecule is CC(NC(=O)c1cc(S)ccc1Br)C1CCOC1. The summed E-state index contributed by atoms with van der Waals surface area (Å²) in [6.45, 7) is 3.55. The van der Waals surface area contributed by atoms with Gasteiger partial charge in [0.2, 0.25) is 0 Å². The Kier molecular flexibility index (Phi) is 4.70. The van der Waals surface area contributed by atoms with Gasteiger partial charge in [0.1, 0.15) is 0 Å². The quantitative estimate of drug-likeness (QED) is 0.837. The molecule has 1 aliphatic heterocycles. The van der Waals surface area contributed by atoms with E-state index in [1.165, 1.54) is 0 Å². The van der Waals surface area contributed by atoms with Crippen LogP contribution < -0.4 is 5.32 Å². The molecule has 1 fully saturated rings. The number of benzene rings is 1. The molecule has 2 unspecified atom stereocenters. The Morgan fingerprint density at radius 3 is 3.06 bits per heavy atom. The molecule has 2 rings (SSSR count). The van der Waals surface area contributed by atoms with Gasteiger partial charge in [0, 0.05) is 27.9 Å². The van der Waals surface area contributed by atoms with Gasteiger partial charge in [0.05, 0.1) is 12.2 Å². The van der Waals surface area contributed by atoms with Crippen LogP contribution >= 0.6 is 28.6 Å². The number of carbonyl (C=O) groups is 1. The van der Waals surface area contributed by atoms with Gasteiger partial charge in [0.15, 0.2) is 0 Å². The molecule has 98 valence electrons. The van der Waals surface area contributed by atoms with Crippen LogP contribution in [0.5, 0.6) is 0 Å². The number of amides is 1. The Labute approximate surface area is 121 Å². The lowest BCUT2D eigenvalue weighted by atomic mass is 10.0. The molecule has 0 aromatic heterocycles. The number of nitrogens with one attached hydrogen (secondary N) is 1. The van der Waals surface area contributed by atoms with E-state index < -0.39 is 0 Å². The first-order valence-electron chi connectivity index (χ1n) is 5.95. The van der Waals surface area contributed by atoms with E-state index in [1.807, 2.05) is 19.1 Å². The molecule has 1 amide bonds. The van der Waals surface area contributed by atoms with E-state index in [0.29, 0.717) is 11.5 Å². The molecule has 2 atom stereocenters. The molecular weight excluding hydrogens is 314 g/mol. The first-order valence-corrected chi connectivity index (χ1v) is 7.19. The molecule has 1 aliphatic rings. The van der Waals surface area contributed by atoms with E-state index >= 15 is 0 Å². The minimum absolute atomic E-state index is 0.0721. The van der Waals surface area contributed by atoms with Crippen LogP contribution in [0.25, 0.3) is 0 Å². The van der Waals surface area contributed by atoms with E-state index in [2.05, 4.69) is 33.9 Å². The molecule has 0 radical (unpaired) electrons. The van der Waals surface area contributed by atoms with Crippen LogP contribution in [0, 0.1) is 5.92 Å². The predicted molar refractivity (Wildman–Crippen MR) is 77.2 cm³/mol. The van der Waals surface area contributed by atoms with Crippen LogP contribution in [0.15, 0.2) is 27.6 Å². The van der Waals surface area contributed by atoms with Crippen molar-refractivity contribution in [3.05, 3.63) is 28.2 Å². The van der Waals surface area contributed by atoms with Crippen LogP contribution in [0.4, 0.5) is 0 Å². The fourth-order valence-electron chi connectivity index (χ4n) is 2.04. The number of hydrogen-bond acceptors (Lipinski definition) is 3. The van der Waals surface area contributed by atoms with E-state index in [-0.39, 0.29) is 11.9 Å². The summed E-state index contributed by atoms with van der Waals surface area (Å²) in [5.41, 5.74) is 0.619. The molecule has 1 N–H and O–H groups in total. The van der Waals surface area contributed by atoms with Crippen LogP contribution in [0.1, 0.15) is 23.7 Å². The van der Waals surface area contributed by atoms with Gasteiger partial charge >= 0.3 is 0 Å². The van der Waals surface area contributed by atoms with Gasteiger partial charge in [0.25, 0.3) is 5.91 Å². The molecule has 5 heteroatoms. The summed E-state index contributed by atoms with van der Waals surface area (Å²) in [7, 11) is 0. The number of carbonyl (C=O) groups excluding carboxylic acids is 1. The highest BCUT2D eigenvalue weighted by Gasteiger charge is 2.24. The zero-order valence-electron chi connectivity index (χ0n) is 10.1. The smallest absolute Gasteiger partial charge is 0.252 e. The van der Waals surface area contributed by atoms with Gasteiger partial charge in [-0.15, -0.1) is 12.6 Å². The summed E-state index contributed by atoms with van der Waals surface area (Å²) in [6.07, 6.45) is 1.01. The van der Waals surface area contributed by atoms with Crippen molar-refractivity contribution in [2.45, 2.75) is 24.3 Å². The van der Waals surface area contributed by atoms with Crippen molar-refractivity contribution in [2.24, 2.45) is 5.92 Å². The van der Waals surface area contributed by atoms with Gasteiger partial charge in [-0.1, -0.05) is 0 Å². The standard InChI is InChI=1S/C13H16BrNO2S/c1-8(9-4-5-17-7-9)15-13(16)11-6-10(18)2-3-12(11)14/h2-3,6,8-9,18H,4-5,7H2,1H3,(H,15,16). The maximum atomic E-state index is 12.2. The summed E-state index contributed by atoms with van der Waals surface area (Å²) >= 11 is 7.64. The first-order chi connectivity index (χ1) is 8.58. The molecule has 0 spiro atoms. The topological polar surface area (TPSA) is 38.3 Å². The van der Waals surface area contributed by atoms with Gasteiger partial charge < -0.3 is 10.1 Å². The largest absolute Gasteiger partial charge is 0.381 e. The third-order valence-electron chi connectivity index (χ3n) is 3.23. The van der Waals surface area contributed by atoms with Crippen molar-refractivity contribution >= 4 is 34.5 Å². The first kappa shape index (κ1) is 13.9. The van der Waals surface area contributed by atoms with Gasteiger partial charge in [-0.2, -0.15) is 0 Å². The van der Waals surface area contributed by atoms with Crippen LogP contribution in [-0.2, 0) is 4.74 Å². The molecule has 1 aromatic carbocycles. The molecular formula is C13H16BrNO2S. The average Bonchev–Trinajstić information content (AvgIpc) is 2.85. The predicted octanol–water partition coefficient (Wildman–Crippen LogP) is 2.89. The zero-order valence-corrected chi connectivity index (χ0v) is 12.6. The number of rotatable bonds is 3. The molecule has 1 saturated heterocycles.